The fraction of sp³-hybridized carbons (Fsp3) is 0.417. The topological polar surface area (TPSA) is 66.0 Å². The number of carbonyl (C=O) groups excluding carboxylic acids is 1. The van der Waals surface area contributed by atoms with Crippen LogP contribution in [0.5, 0.6) is 0 Å². The van der Waals surface area contributed by atoms with Crippen molar-refractivity contribution >= 4 is 11.9 Å². The quantitative estimate of drug-likeness (QED) is 0.551. The van der Waals surface area contributed by atoms with E-state index in [1.54, 1.807) is 19.2 Å². The van der Waals surface area contributed by atoms with Crippen molar-refractivity contribution in [3.8, 4) is 0 Å². The van der Waals surface area contributed by atoms with Gasteiger partial charge in [0, 0.05) is 38.8 Å². The average Bonchev–Trinajstić information content (AvgIpc) is 2.76. The van der Waals surface area contributed by atoms with Crippen LogP contribution in [0.1, 0.15) is 35.3 Å². The number of hydrogen-bond donors (Lipinski definition) is 2. The Morgan fingerprint density at radius 2 is 1.65 bits per heavy atom. The van der Waals surface area contributed by atoms with Crippen LogP contribution in [0.25, 0.3) is 0 Å². The van der Waals surface area contributed by atoms with E-state index in [1.807, 2.05) is 43.0 Å². The Hall–Kier alpha value is -2.93. The zero-order chi connectivity index (χ0) is 22.2. The molecule has 0 spiro atoms. The van der Waals surface area contributed by atoms with E-state index in [1.165, 1.54) is 12.1 Å². The van der Waals surface area contributed by atoms with Gasteiger partial charge in [-0.25, -0.2) is 4.39 Å². The van der Waals surface area contributed by atoms with Crippen molar-refractivity contribution in [3.63, 3.8) is 0 Å². The number of nitrogens with zero attached hydrogens (tertiary/aromatic N) is 2. The molecule has 2 N–H and O–H groups in total. The van der Waals surface area contributed by atoms with Crippen molar-refractivity contribution in [2.75, 3.05) is 26.7 Å². The highest BCUT2D eigenvalue weighted by molar-refractivity contribution is 5.94. The van der Waals surface area contributed by atoms with Gasteiger partial charge in [-0.05, 0) is 55.7 Å². The van der Waals surface area contributed by atoms with E-state index >= 15 is 0 Å². The van der Waals surface area contributed by atoms with Gasteiger partial charge in [-0.15, -0.1) is 0 Å². The maximum atomic E-state index is 13.0. The van der Waals surface area contributed by atoms with Gasteiger partial charge in [0.15, 0.2) is 5.96 Å². The first-order chi connectivity index (χ1) is 14.9. The summed E-state index contributed by atoms with van der Waals surface area (Å²) in [5.74, 6) is 0.509. The van der Waals surface area contributed by atoms with Crippen LogP contribution in [-0.2, 0) is 17.7 Å². The number of halogens is 1. The summed E-state index contributed by atoms with van der Waals surface area (Å²) in [4.78, 5) is 18.9. The molecule has 2 aromatic carbocycles. The van der Waals surface area contributed by atoms with Gasteiger partial charge < -0.3 is 20.3 Å². The van der Waals surface area contributed by atoms with Crippen LogP contribution in [0.3, 0.4) is 0 Å². The Kier molecular flexibility index (Phi) is 8.00. The maximum Gasteiger partial charge on any atom is 0.254 e. The Bertz CT molecular complexity index is 873. The van der Waals surface area contributed by atoms with Gasteiger partial charge >= 0.3 is 0 Å². The van der Waals surface area contributed by atoms with Gasteiger partial charge in [0.2, 0.25) is 0 Å². The number of benzene rings is 2. The average molecular weight is 427 g/mol. The number of guanidine groups is 1. The largest absolute Gasteiger partial charge is 0.372 e. The first-order valence-electron chi connectivity index (χ1n) is 10.7. The predicted octanol–water partition coefficient (Wildman–Crippen LogP) is 2.98. The van der Waals surface area contributed by atoms with E-state index in [4.69, 9.17) is 4.74 Å². The summed E-state index contributed by atoms with van der Waals surface area (Å²) >= 11 is 0. The molecular weight excluding hydrogens is 395 g/mol. The number of morpholine rings is 1. The molecule has 1 aliphatic heterocycles. The van der Waals surface area contributed by atoms with Crippen molar-refractivity contribution in [1.29, 1.82) is 0 Å². The van der Waals surface area contributed by atoms with E-state index in [9.17, 15) is 9.18 Å². The van der Waals surface area contributed by atoms with Crippen LogP contribution in [0.2, 0.25) is 0 Å². The Morgan fingerprint density at radius 1 is 1.03 bits per heavy atom. The summed E-state index contributed by atoms with van der Waals surface area (Å²) in [7, 11) is 1.72. The van der Waals surface area contributed by atoms with Crippen molar-refractivity contribution < 1.29 is 13.9 Å². The highest BCUT2D eigenvalue weighted by Gasteiger charge is 2.26. The molecule has 166 valence electrons. The van der Waals surface area contributed by atoms with Crippen molar-refractivity contribution in [2.45, 2.75) is 39.0 Å². The molecule has 0 aromatic heterocycles. The van der Waals surface area contributed by atoms with Crippen LogP contribution in [0, 0.1) is 5.82 Å². The molecule has 2 aromatic rings. The summed E-state index contributed by atoms with van der Waals surface area (Å²) in [5.41, 5.74) is 2.81. The number of carbonyl (C=O) groups is 1. The number of rotatable bonds is 6. The molecule has 1 amide bonds. The monoisotopic (exact) mass is 426 g/mol. The second-order valence-corrected chi connectivity index (χ2v) is 7.89. The molecule has 31 heavy (non-hydrogen) atoms. The molecule has 0 saturated carbocycles. The minimum atomic E-state index is -0.226. The van der Waals surface area contributed by atoms with Crippen molar-refractivity contribution in [2.24, 2.45) is 4.99 Å². The second-order valence-electron chi connectivity index (χ2n) is 7.89. The predicted molar refractivity (Wildman–Crippen MR) is 121 cm³/mol. The smallest absolute Gasteiger partial charge is 0.254 e. The summed E-state index contributed by atoms with van der Waals surface area (Å²) in [6.07, 6.45) is 0.883. The first-order valence-corrected chi connectivity index (χ1v) is 10.7. The van der Waals surface area contributed by atoms with E-state index < -0.39 is 0 Å². The van der Waals surface area contributed by atoms with Crippen LogP contribution in [0.15, 0.2) is 53.5 Å². The van der Waals surface area contributed by atoms with Gasteiger partial charge in [0.25, 0.3) is 5.91 Å². The highest BCUT2D eigenvalue weighted by atomic mass is 19.1. The van der Waals surface area contributed by atoms with E-state index in [0.717, 1.165) is 17.5 Å². The van der Waals surface area contributed by atoms with Crippen molar-refractivity contribution in [3.05, 3.63) is 71.0 Å². The molecule has 0 bridgehead atoms. The summed E-state index contributed by atoms with van der Waals surface area (Å²) < 4.78 is 18.7. The van der Waals surface area contributed by atoms with Crippen LogP contribution >= 0.6 is 0 Å². The standard InChI is InChI=1S/C24H31FN4O2/c1-17-15-29(16-18(2)31-17)23(30)21-8-4-20(5-9-21)14-28-24(26-3)27-13-12-19-6-10-22(25)11-7-19/h4-11,17-18H,12-16H2,1-3H3,(H2,26,27,28). The number of aliphatic imine (C=N–C) groups is 1. The van der Waals surface area contributed by atoms with E-state index in [2.05, 4.69) is 15.6 Å². The van der Waals surface area contributed by atoms with Crippen molar-refractivity contribution in [1.82, 2.24) is 15.5 Å². The lowest BCUT2D eigenvalue weighted by molar-refractivity contribution is -0.0586. The van der Waals surface area contributed by atoms with E-state index in [-0.39, 0.29) is 23.9 Å². The lowest BCUT2D eigenvalue weighted by Gasteiger charge is -2.35. The van der Waals surface area contributed by atoms with Gasteiger partial charge in [-0.1, -0.05) is 24.3 Å². The zero-order valence-corrected chi connectivity index (χ0v) is 18.4. The molecule has 7 heteroatoms. The third-order valence-corrected chi connectivity index (χ3v) is 5.21. The molecule has 1 aliphatic rings. The number of amides is 1. The zero-order valence-electron chi connectivity index (χ0n) is 18.4. The fourth-order valence-electron chi connectivity index (χ4n) is 3.67. The SMILES string of the molecule is CN=C(NCCc1ccc(F)cc1)NCc1ccc(C(=O)N2CC(C)OC(C)C2)cc1. The number of nitrogens with one attached hydrogen (secondary N) is 2. The van der Waals surface area contributed by atoms with Gasteiger partial charge in [0.05, 0.1) is 12.2 Å². The molecule has 3 rings (SSSR count). The summed E-state index contributed by atoms with van der Waals surface area (Å²) in [6, 6.07) is 14.2. The van der Waals surface area contributed by atoms with Gasteiger partial charge in [0.1, 0.15) is 5.82 Å². The second kappa shape index (κ2) is 10.9. The van der Waals surface area contributed by atoms with Gasteiger partial charge in [-0.2, -0.15) is 0 Å². The molecule has 6 nitrogen and oxygen atoms in total. The Morgan fingerprint density at radius 3 is 2.26 bits per heavy atom. The van der Waals surface area contributed by atoms with E-state index in [0.29, 0.717) is 37.7 Å². The highest BCUT2D eigenvalue weighted by Crippen LogP contribution is 2.15. The minimum Gasteiger partial charge on any atom is -0.372 e. The molecule has 1 saturated heterocycles. The summed E-state index contributed by atoms with van der Waals surface area (Å²) in [5, 5.41) is 6.53. The van der Waals surface area contributed by atoms with Gasteiger partial charge in [-0.3, -0.25) is 9.79 Å². The normalized spacial score (nSPS) is 19.2. The molecule has 1 heterocycles. The van der Waals surface area contributed by atoms with Crippen LogP contribution in [-0.4, -0.2) is 55.7 Å². The Balaban J connectivity index is 1.46. The molecular formula is C24H31FN4O2. The lowest BCUT2D eigenvalue weighted by Crippen LogP contribution is -2.48. The molecule has 2 unspecified atom stereocenters. The Labute approximate surface area is 183 Å². The molecule has 1 fully saturated rings. The third-order valence-electron chi connectivity index (χ3n) is 5.21. The minimum absolute atomic E-state index is 0.0415. The van der Waals surface area contributed by atoms with Crippen LogP contribution in [0.4, 0.5) is 4.39 Å². The number of hydrogen-bond acceptors (Lipinski definition) is 3. The number of ether oxygens (including phenoxy) is 1. The lowest BCUT2D eigenvalue weighted by atomic mass is 10.1. The fourth-order valence-corrected chi connectivity index (χ4v) is 3.67. The third kappa shape index (κ3) is 6.79. The summed E-state index contributed by atoms with van der Waals surface area (Å²) in [6.45, 7) is 6.50. The first kappa shape index (κ1) is 22.7. The maximum absolute atomic E-state index is 13.0. The molecule has 0 aliphatic carbocycles. The molecule has 2 atom stereocenters. The molecule has 0 radical (unpaired) electrons. The van der Waals surface area contributed by atoms with Crippen LogP contribution < -0.4 is 10.6 Å².